The zero-order valence-corrected chi connectivity index (χ0v) is 12.0. The van der Waals surface area contributed by atoms with E-state index >= 15 is 0 Å². The molecule has 1 saturated heterocycles. The van der Waals surface area contributed by atoms with Crippen LogP contribution in [0.5, 0.6) is 0 Å². The van der Waals surface area contributed by atoms with Crippen LogP contribution in [0, 0.1) is 0 Å². The van der Waals surface area contributed by atoms with Crippen molar-refractivity contribution in [1.29, 1.82) is 0 Å². The van der Waals surface area contributed by atoms with E-state index in [9.17, 15) is 18.0 Å². The Hall–Kier alpha value is -1.77. The van der Waals surface area contributed by atoms with Crippen LogP contribution >= 0.6 is 0 Å². The minimum absolute atomic E-state index is 0.0290. The topological polar surface area (TPSA) is 127 Å². The van der Waals surface area contributed by atoms with Crippen molar-refractivity contribution in [3.63, 3.8) is 0 Å². The summed E-state index contributed by atoms with van der Waals surface area (Å²) in [5.74, 6) is 0.112. The Morgan fingerprint density at radius 2 is 2.15 bits per heavy atom. The summed E-state index contributed by atoms with van der Waals surface area (Å²) in [4.78, 5) is 25.6. The van der Waals surface area contributed by atoms with E-state index < -0.39 is 21.1 Å². The molecule has 0 radical (unpaired) electrons. The van der Waals surface area contributed by atoms with Crippen LogP contribution in [-0.2, 0) is 16.4 Å². The quantitative estimate of drug-likeness (QED) is 0.663. The second-order valence-electron chi connectivity index (χ2n) is 4.92. The Kier molecular flexibility index (Phi) is 3.89. The minimum atomic E-state index is -3.05. The molecule has 1 aliphatic heterocycles. The van der Waals surface area contributed by atoms with E-state index in [1.807, 2.05) is 6.92 Å². The Morgan fingerprint density at radius 1 is 1.45 bits per heavy atom. The number of hydrogen-bond acceptors (Lipinski definition) is 6. The van der Waals surface area contributed by atoms with E-state index in [0.29, 0.717) is 19.4 Å². The van der Waals surface area contributed by atoms with Crippen LogP contribution < -0.4 is 22.3 Å². The summed E-state index contributed by atoms with van der Waals surface area (Å²) in [5, 5.41) is 2.85. The van der Waals surface area contributed by atoms with Crippen molar-refractivity contribution in [2.75, 3.05) is 22.6 Å². The maximum absolute atomic E-state index is 11.8. The molecule has 0 aliphatic carbocycles. The highest BCUT2D eigenvalue weighted by Gasteiger charge is 2.29. The Morgan fingerprint density at radius 3 is 2.70 bits per heavy atom. The molecule has 1 unspecified atom stereocenters. The first-order valence-electron chi connectivity index (χ1n) is 6.43. The molecule has 1 aromatic heterocycles. The van der Waals surface area contributed by atoms with Gasteiger partial charge in [0.05, 0.1) is 11.5 Å². The van der Waals surface area contributed by atoms with Gasteiger partial charge in [-0.05, 0) is 12.8 Å². The Bertz CT molecular complexity index is 719. The van der Waals surface area contributed by atoms with Gasteiger partial charge in [-0.3, -0.25) is 14.3 Å². The molecule has 112 valence electrons. The standard InChI is InChI=1S/C11H18N4O4S/c1-2-4-15-9(12)8(10(16)14-11(15)17)13-7-3-5-20(18,19)6-7/h7,13H,2-6,12H2,1H3,(H,14,16,17). The SMILES string of the molecule is CCCn1c(N)c(NC2CCS(=O)(=O)C2)c(=O)[nH]c1=O. The summed E-state index contributed by atoms with van der Waals surface area (Å²) >= 11 is 0. The number of sulfone groups is 1. The molecule has 2 heterocycles. The molecule has 9 heteroatoms. The highest BCUT2D eigenvalue weighted by atomic mass is 32.2. The van der Waals surface area contributed by atoms with Crippen LogP contribution in [0.1, 0.15) is 19.8 Å². The van der Waals surface area contributed by atoms with Crippen LogP contribution in [0.15, 0.2) is 9.59 Å². The number of nitrogens with two attached hydrogens (primary N) is 1. The Balaban J connectivity index is 2.35. The molecule has 1 fully saturated rings. The van der Waals surface area contributed by atoms with Crippen molar-refractivity contribution in [3.05, 3.63) is 20.8 Å². The smallest absolute Gasteiger partial charge is 0.330 e. The zero-order chi connectivity index (χ0) is 14.9. The molecule has 4 N–H and O–H groups in total. The zero-order valence-electron chi connectivity index (χ0n) is 11.2. The molecule has 8 nitrogen and oxygen atoms in total. The number of rotatable bonds is 4. The number of aromatic nitrogens is 2. The van der Waals surface area contributed by atoms with Gasteiger partial charge in [0.25, 0.3) is 5.56 Å². The highest BCUT2D eigenvalue weighted by molar-refractivity contribution is 7.91. The van der Waals surface area contributed by atoms with Crippen molar-refractivity contribution in [1.82, 2.24) is 9.55 Å². The van der Waals surface area contributed by atoms with Crippen LogP contribution in [0.25, 0.3) is 0 Å². The average molecular weight is 302 g/mol. The van der Waals surface area contributed by atoms with Crippen molar-refractivity contribution in [2.45, 2.75) is 32.4 Å². The van der Waals surface area contributed by atoms with E-state index in [-0.39, 0.29) is 29.1 Å². The second-order valence-corrected chi connectivity index (χ2v) is 7.14. The molecular weight excluding hydrogens is 284 g/mol. The van der Waals surface area contributed by atoms with Gasteiger partial charge in [0.15, 0.2) is 9.84 Å². The van der Waals surface area contributed by atoms with E-state index in [1.165, 1.54) is 4.57 Å². The molecule has 0 saturated carbocycles. The minimum Gasteiger partial charge on any atom is -0.383 e. The highest BCUT2D eigenvalue weighted by Crippen LogP contribution is 2.18. The lowest BCUT2D eigenvalue weighted by molar-refractivity contribution is 0.602. The van der Waals surface area contributed by atoms with E-state index in [4.69, 9.17) is 5.73 Å². The third-order valence-corrected chi connectivity index (χ3v) is 5.04. The lowest BCUT2D eigenvalue weighted by Gasteiger charge is -2.16. The number of anilines is 2. The first-order valence-corrected chi connectivity index (χ1v) is 8.25. The summed E-state index contributed by atoms with van der Waals surface area (Å²) in [5.41, 5.74) is 4.74. The summed E-state index contributed by atoms with van der Waals surface area (Å²) in [6.45, 7) is 2.27. The maximum atomic E-state index is 11.8. The monoisotopic (exact) mass is 302 g/mol. The lowest BCUT2D eigenvalue weighted by atomic mass is 10.2. The van der Waals surface area contributed by atoms with Crippen LogP contribution in [0.2, 0.25) is 0 Å². The fraction of sp³-hybridized carbons (Fsp3) is 0.636. The summed E-state index contributed by atoms with van der Waals surface area (Å²) in [6.07, 6.45) is 1.11. The lowest BCUT2D eigenvalue weighted by Crippen LogP contribution is -2.36. The second kappa shape index (κ2) is 5.31. The van der Waals surface area contributed by atoms with Crippen LogP contribution in [-0.4, -0.2) is 35.5 Å². The third-order valence-electron chi connectivity index (χ3n) is 3.27. The molecule has 0 bridgehead atoms. The first kappa shape index (κ1) is 14.6. The molecule has 1 aromatic rings. The van der Waals surface area contributed by atoms with Gasteiger partial charge >= 0.3 is 5.69 Å². The molecule has 20 heavy (non-hydrogen) atoms. The van der Waals surface area contributed by atoms with E-state index in [0.717, 1.165) is 0 Å². The van der Waals surface area contributed by atoms with Gasteiger partial charge in [-0.25, -0.2) is 13.2 Å². The van der Waals surface area contributed by atoms with Crippen LogP contribution in [0.4, 0.5) is 11.5 Å². The number of nitrogen functional groups attached to an aromatic ring is 1. The van der Waals surface area contributed by atoms with Crippen molar-refractivity contribution in [3.8, 4) is 0 Å². The fourth-order valence-corrected chi connectivity index (χ4v) is 3.96. The molecule has 1 atom stereocenters. The van der Waals surface area contributed by atoms with E-state index in [2.05, 4.69) is 10.3 Å². The average Bonchev–Trinajstić information content (AvgIpc) is 2.69. The first-order chi connectivity index (χ1) is 9.34. The molecule has 0 amide bonds. The number of hydrogen-bond donors (Lipinski definition) is 3. The van der Waals surface area contributed by atoms with Gasteiger partial charge in [0, 0.05) is 12.6 Å². The number of nitrogens with one attached hydrogen (secondary N) is 2. The molecule has 2 rings (SSSR count). The predicted octanol–water partition coefficient (Wildman–Crippen LogP) is -0.872. The van der Waals surface area contributed by atoms with Crippen molar-refractivity contribution in [2.24, 2.45) is 0 Å². The fourth-order valence-electron chi connectivity index (χ4n) is 2.29. The van der Waals surface area contributed by atoms with Gasteiger partial charge < -0.3 is 11.1 Å². The van der Waals surface area contributed by atoms with Gasteiger partial charge in [-0.2, -0.15) is 0 Å². The number of H-pyrrole nitrogens is 1. The summed E-state index contributed by atoms with van der Waals surface area (Å²) < 4.78 is 24.1. The predicted molar refractivity (Wildman–Crippen MR) is 76.7 cm³/mol. The molecule has 0 aromatic carbocycles. The summed E-state index contributed by atoms with van der Waals surface area (Å²) in [6, 6.07) is -0.351. The van der Waals surface area contributed by atoms with Crippen molar-refractivity contribution >= 4 is 21.3 Å². The largest absolute Gasteiger partial charge is 0.383 e. The van der Waals surface area contributed by atoms with Gasteiger partial charge in [-0.15, -0.1) is 0 Å². The number of nitrogens with zero attached hydrogens (tertiary/aromatic N) is 1. The van der Waals surface area contributed by atoms with Gasteiger partial charge in [-0.1, -0.05) is 6.92 Å². The maximum Gasteiger partial charge on any atom is 0.330 e. The van der Waals surface area contributed by atoms with Gasteiger partial charge in [0.1, 0.15) is 11.5 Å². The van der Waals surface area contributed by atoms with Crippen LogP contribution in [0.3, 0.4) is 0 Å². The third kappa shape index (κ3) is 2.87. The van der Waals surface area contributed by atoms with Gasteiger partial charge in [0.2, 0.25) is 0 Å². The normalized spacial score (nSPS) is 20.9. The van der Waals surface area contributed by atoms with E-state index in [1.54, 1.807) is 0 Å². The molecule has 1 aliphatic rings. The number of aromatic amines is 1. The molecular formula is C11H18N4O4S. The van der Waals surface area contributed by atoms with Crippen molar-refractivity contribution < 1.29 is 8.42 Å². The molecule has 0 spiro atoms. The Labute approximate surface area is 115 Å². The summed E-state index contributed by atoms with van der Waals surface area (Å²) in [7, 11) is -3.05.